The molecule has 0 aliphatic rings. The van der Waals surface area contributed by atoms with Crippen LogP contribution >= 0.6 is 11.8 Å². The third kappa shape index (κ3) is 3.64. The molecule has 0 aromatic carbocycles. The van der Waals surface area contributed by atoms with Gasteiger partial charge in [0.1, 0.15) is 0 Å². The van der Waals surface area contributed by atoms with E-state index < -0.39 is 0 Å². The van der Waals surface area contributed by atoms with Gasteiger partial charge in [-0.3, -0.25) is 0 Å². The number of nitrogens with zero attached hydrogens (tertiary/aromatic N) is 2. The van der Waals surface area contributed by atoms with Crippen molar-refractivity contribution in [2.45, 2.75) is 32.0 Å². The molecule has 2 N–H and O–H groups in total. The maximum Gasteiger partial charge on any atom is 0.187 e. The van der Waals surface area contributed by atoms with E-state index in [0.29, 0.717) is 5.92 Å². The molecule has 0 saturated heterocycles. The molecular weight excluding hydrogens is 194 g/mol. The third-order valence-corrected chi connectivity index (χ3v) is 3.04. The summed E-state index contributed by atoms with van der Waals surface area (Å²) >= 11 is 1.62. The fraction of sp³-hybridized carbons (Fsp3) is 0.600. The molecule has 3 nitrogen and oxygen atoms in total. The molecule has 0 aliphatic heterocycles. The Kier molecular flexibility index (Phi) is 4.35. The molecular formula is C10H17N3S. The van der Waals surface area contributed by atoms with Gasteiger partial charge in [-0.05, 0) is 18.9 Å². The highest BCUT2D eigenvalue weighted by Gasteiger charge is 2.08. The second-order valence-electron chi connectivity index (χ2n) is 3.70. The number of rotatable bonds is 4. The average Bonchev–Trinajstić information content (AvgIpc) is 2.14. The van der Waals surface area contributed by atoms with Crippen LogP contribution < -0.4 is 5.73 Å². The monoisotopic (exact) mass is 211 g/mol. The first-order valence-electron chi connectivity index (χ1n) is 4.77. The van der Waals surface area contributed by atoms with Gasteiger partial charge in [-0.1, -0.05) is 25.6 Å². The summed E-state index contributed by atoms with van der Waals surface area (Å²) in [6, 6.07) is 2.11. The van der Waals surface area contributed by atoms with Crippen molar-refractivity contribution in [1.82, 2.24) is 9.97 Å². The van der Waals surface area contributed by atoms with Gasteiger partial charge in [0, 0.05) is 23.7 Å². The van der Waals surface area contributed by atoms with Crippen LogP contribution in [0.3, 0.4) is 0 Å². The molecule has 1 heterocycles. The predicted molar refractivity (Wildman–Crippen MR) is 60.3 cm³/mol. The summed E-state index contributed by atoms with van der Waals surface area (Å²) in [6.07, 6.45) is 1.78. The Morgan fingerprint density at radius 2 is 2.21 bits per heavy atom. The molecule has 0 radical (unpaired) electrons. The van der Waals surface area contributed by atoms with Gasteiger partial charge in [-0.2, -0.15) is 0 Å². The Morgan fingerprint density at radius 1 is 1.50 bits per heavy atom. The molecule has 1 aromatic rings. The Morgan fingerprint density at radius 3 is 2.79 bits per heavy atom. The normalized spacial score (nSPS) is 13.2. The van der Waals surface area contributed by atoms with Crippen molar-refractivity contribution in [2.24, 2.45) is 11.7 Å². The first kappa shape index (κ1) is 11.5. The van der Waals surface area contributed by atoms with Gasteiger partial charge in [0.05, 0.1) is 0 Å². The van der Waals surface area contributed by atoms with Gasteiger partial charge in [0.25, 0.3) is 0 Å². The van der Waals surface area contributed by atoms with E-state index >= 15 is 0 Å². The molecule has 0 bridgehead atoms. The van der Waals surface area contributed by atoms with E-state index in [1.807, 2.05) is 13.0 Å². The molecule has 0 amide bonds. The molecule has 0 spiro atoms. The molecule has 4 heteroatoms. The Hall–Kier alpha value is -0.610. The first-order chi connectivity index (χ1) is 6.59. The van der Waals surface area contributed by atoms with Crippen LogP contribution in [0.25, 0.3) is 0 Å². The van der Waals surface area contributed by atoms with E-state index in [0.717, 1.165) is 16.6 Å². The van der Waals surface area contributed by atoms with Crippen LogP contribution in [0.15, 0.2) is 17.4 Å². The summed E-state index contributed by atoms with van der Waals surface area (Å²) in [5.74, 6) is 1.38. The summed E-state index contributed by atoms with van der Waals surface area (Å²) in [4.78, 5) is 8.47. The maximum absolute atomic E-state index is 5.93. The van der Waals surface area contributed by atoms with Gasteiger partial charge in [-0.25, -0.2) is 9.97 Å². The van der Waals surface area contributed by atoms with Gasteiger partial charge < -0.3 is 5.73 Å². The van der Waals surface area contributed by atoms with Crippen molar-refractivity contribution >= 4 is 11.8 Å². The van der Waals surface area contributed by atoms with E-state index in [1.165, 1.54) is 0 Å². The van der Waals surface area contributed by atoms with E-state index in [1.54, 1.807) is 18.0 Å². The first-order valence-corrected chi connectivity index (χ1v) is 5.76. The zero-order valence-corrected chi connectivity index (χ0v) is 9.71. The summed E-state index contributed by atoms with van der Waals surface area (Å²) in [5.41, 5.74) is 6.93. The van der Waals surface area contributed by atoms with Crippen LogP contribution in [-0.2, 0) is 0 Å². The van der Waals surface area contributed by atoms with Gasteiger partial charge in [0.15, 0.2) is 5.16 Å². The van der Waals surface area contributed by atoms with Crippen LogP contribution in [0, 0.1) is 12.8 Å². The number of nitrogens with two attached hydrogens (primary N) is 1. The van der Waals surface area contributed by atoms with Crippen LogP contribution in [0.4, 0.5) is 0 Å². The van der Waals surface area contributed by atoms with Crippen molar-refractivity contribution in [1.29, 1.82) is 0 Å². The predicted octanol–water partition coefficient (Wildman–Crippen LogP) is 1.86. The number of aromatic nitrogens is 2. The molecule has 1 atom stereocenters. The Labute approximate surface area is 89.5 Å². The van der Waals surface area contributed by atoms with Gasteiger partial charge >= 0.3 is 0 Å². The second kappa shape index (κ2) is 5.32. The minimum atomic E-state index is 0.212. The lowest BCUT2D eigenvalue weighted by Crippen LogP contribution is -2.28. The smallest absolute Gasteiger partial charge is 0.187 e. The molecule has 0 aliphatic carbocycles. The molecule has 1 unspecified atom stereocenters. The fourth-order valence-electron chi connectivity index (χ4n) is 0.859. The van der Waals surface area contributed by atoms with Gasteiger partial charge in [0.2, 0.25) is 0 Å². The van der Waals surface area contributed by atoms with Crippen LogP contribution in [-0.4, -0.2) is 21.8 Å². The highest BCUT2D eigenvalue weighted by Crippen LogP contribution is 2.15. The topological polar surface area (TPSA) is 51.8 Å². The zero-order chi connectivity index (χ0) is 10.6. The SMILES string of the molecule is Cc1ccnc(SCC(N)C(C)C)n1. The van der Waals surface area contributed by atoms with E-state index in [4.69, 9.17) is 5.73 Å². The van der Waals surface area contributed by atoms with E-state index in [9.17, 15) is 0 Å². The van der Waals surface area contributed by atoms with Crippen LogP contribution in [0.1, 0.15) is 19.5 Å². The Bertz CT molecular complexity index is 288. The lowest BCUT2D eigenvalue weighted by atomic mass is 10.1. The van der Waals surface area contributed by atoms with Crippen LogP contribution in [0.5, 0.6) is 0 Å². The molecule has 14 heavy (non-hydrogen) atoms. The highest BCUT2D eigenvalue weighted by atomic mass is 32.2. The number of hydrogen-bond acceptors (Lipinski definition) is 4. The zero-order valence-electron chi connectivity index (χ0n) is 8.90. The molecule has 1 rings (SSSR count). The minimum absolute atomic E-state index is 0.212. The largest absolute Gasteiger partial charge is 0.327 e. The van der Waals surface area contributed by atoms with Crippen molar-refractivity contribution in [3.05, 3.63) is 18.0 Å². The molecule has 0 saturated carbocycles. The summed E-state index contributed by atoms with van der Waals surface area (Å²) in [6.45, 7) is 6.22. The van der Waals surface area contributed by atoms with Gasteiger partial charge in [-0.15, -0.1) is 0 Å². The Balaban J connectivity index is 2.45. The van der Waals surface area contributed by atoms with E-state index in [2.05, 4.69) is 23.8 Å². The lowest BCUT2D eigenvalue weighted by molar-refractivity contribution is 0.535. The number of thioether (sulfide) groups is 1. The quantitative estimate of drug-likeness (QED) is 0.610. The lowest BCUT2D eigenvalue weighted by Gasteiger charge is -2.13. The summed E-state index contributed by atoms with van der Waals surface area (Å²) in [5, 5.41) is 0.820. The third-order valence-electron chi connectivity index (χ3n) is 2.03. The number of hydrogen-bond donors (Lipinski definition) is 1. The summed E-state index contributed by atoms with van der Waals surface area (Å²) < 4.78 is 0. The number of aryl methyl sites for hydroxylation is 1. The fourth-order valence-corrected chi connectivity index (χ4v) is 1.93. The van der Waals surface area contributed by atoms with Crippen molar-refractivity contribution in [3.63, 3.8) is 0 Å². The standard InChI is InChI=1S/C10H17N3S/c1-7(2)9(11)6-14-10-12-5-4-8(3)13-10/h4-5,7,9H,6,11H2,1-3H3. The van der Waals surface area contributed by atoms with Crippen molar-refractivity contribution in [3.8, 4) is 0 Å². The van der Waals surface area contributed by atoms with Crippen molar-refractivity contribution < 1.29 is 0 Å². The second-order valence-corrected chi connectivity index (χ2v) is 4.69. The van der Waals surface area contributed by atoms with E-state index in [-0.39, 0.29) is 6.04 Å². The van der Waals surface area contributed by atoms with Crippen LogP contribution in [0.2, 0.25) is 0 Å². The van der Waals surface area contributed by atoms with Crippen molar-refractivity contribution in [2.75, 3.05) is 5.75 Å². The molecule has 0 fully saturated rings. The molecule has 78 valence electrons. The molecule has 1 aromatic heterocycles. The highest BCUT2D eigenvalue weighted by molar-refractivity contribution is 7.99. The minimum Gasteiger partial charge on any atom is -0.327 e. The summed E-state index contributed by atoms with van der Waals surface area (Å²) in [7, 11) is 0. The maximum atomic E-state index is 5.93. The average molecular weight is 211 g/mol.